The summed E-state index contributed by atoms with van der Waals surface area (Å²) in [6.07, 6.45) is 0. The number of sulfonamides is 1. The summed E-state index contributed by atoms with van der Waals surface area (Å²) >= 11 is 0. The first-order valence-corrected chi connectivity index (χ1v) is 10.7. The third-order valence-corrected chi connectivity index (χ3v) is 6.52. The molecular formula is C23H24N2O3S. The van der Waals surface area contributed by atoms with Crippen LogP contribution in [0.1, 0.15) is 27.0 Å². The molecular weight excluding hydrogens is 384 g/mol. The quantitative estimate of drug-likeness (QED) is 0.658. The second-order valence-electron chi connectivity index (χ2n) is 7.04. The minimum Gasteiger partial charge on any atom is -0.322 e. The number of benzene rings is 3. The van der Waals surface area contributed by atoms with E-state index in [-0.39, 0.29) is 17.3 Å². The van der Waals surface area contributed by atoms with E-state index >= 15 is 0 Å². The Hall–Kier alpha value is -2.96. The van der Waals surface area contributed by atoms with E-state index in [1.165, 1.54) is 4.31 Å². The van der Waals surface area contributed by atoms with Gasteiger partial charge in [0.25, 0.3) is 5.91 Å². The fourth-order valence-electron chi connectivity index (χ4n) is 3.02. The highest BCUT2D eigenvalue weighted by Gasteiger charge is 2.20. The molecule has 0 radical (unpaired) electrons. The van der Waals surface area contributed by atoms with Gasteiger partial charge in [-0.25, -0.2) is 8.42 Å². The molecule has 29 heavy (non-hydrogen) atoms. The number of carbonyl (C=O) groups excluding carboxylic acids is 1. The zero-order chi connectivity index (χ0) is 21.0. The maximum Gasteiger partial charge on any atom is 0.255 e. The van der Waals surface area contributed by atoms with Crippen molar-refractivity contribution in [3.05, 3.63) is 95.1 Å². The molecule has 3 rings (SSSR count). The average molecular weight is 409 g/mol. The minimum absolute atomic E-state index is 0.200. The third-order valence-electron chi connectivity index (χ3n) is 4.70. The van der Waals surface area contributed by atoms with E-state index < -0.39 is 10.0 Å². The number of carbonyl (C=O) groups is 1. The van der Waals surface area contributed by atoms with Crippen molar-refractivity contribution in [2.75, 3.05) is 12.4 Å². The zero-order valence-electron chi connectivity index (χ0n) is 16.7. The predicted octanol–water partition coefficient (Wildman–Crippen LogP) is 4.38. The molecule has 0 fully saturated rings. The summed E-state index contributed by atoms with van der Waals surface area (Å²) in [6.45, 7) is 4.18. The molecule has 0 bridgehead atoms. The van der Waals surface area contributed by atoms with Crippen LogP contribution in [0.15, 0.2) is 77.7 Å². The van der Waals surface area contributed by atoms with E-state index in [0.29, 0.717) is 5.56 Å². The maximum atomic E-state index is 12.6. The molecule has 0 heterocycles. The lowest BCUT2D eigenvalue weighted by atomic mass is 10.1. The van der Waals surface area contributed by atoms with Crippen molar-refractivity contribution in [3.63, 3.8) is 0 Å². The molecule has 0 aliphatic rings. The van der Waals surface area contributed by atoms with E-state index in [0.717, 1.165) is 22.4 Å². The van der Waals surface area contributed by atoms with E-state index in [4.69, 9.17) is 0 Å². The van der Waals surface area contributed by atoms with Gasteiger partial charge in [0.1, 0.15) is 0 Å². The number of hydrogen-bond acceptors (Lipinski definition) is 3. The van der Waals surface area contributed by atoms with Crippen molar-refractivity contribution in [3.8, 4) is 0 Å². The van der Waals surface area contributed by atoms with Crippen molar-refractivity contribution in [2.24, 2.45) is 0 Å². The van der Waals surface area contributed by atoms with E-state index in [2.05, 4.69) is 5.32 Å². The first kappa shape index (κ1) is 20.8. The summed E-state index contributed by atoms with van der Waals surface area (Å²) in [4.78, 5) is 12.8. The van der Waals surface area contributed by atoms with Crippen molar-refractivity contribution in [2.45, 2.75) is 25.3 Å². The number of nitrogens with one attached hydrogen (secondary N) is 1. The first-order valence-electron chi connectivity index (χ1n) is 9.26. The summed E-state index contributed by atoms with van der Waals surface area (Å²) in [6, 6.07) is 21.1. The number of nitrogens with zero attached hydrogens (tertiary/aromatic N) is 1. The van der Waals surface area contributed by atoms with Gasteiger partial charge in [0.15, 0.2) is 0 Å². The molecule has 0 saturated carbocycles. The Bertz CT molecular complexity index is 1110. The molecule has 1 amide bonds. The topological polar surface area (TPSA) is 66.5 Å². The fourth-order valence-corrected chi connectivity index (χ4v) is 4.20. The molecule has 0 saturated heterocycles. The summed E-state index contributed by atoms with van der Waals surface area (Å²) in [5.74, 6) is -0.200. The molecule has 0 aliphatic carbocycles. The summed E-state index contributed by atoms with van der Waals surface area (Å²) < 4.78 is 26.6. The summed E-state index contributed by atoms with van der Waals surface area (Å²) in [5.41, 5.74) is 4.23. The minimum atomic E-state index is -3.56. The molecule has 0 atom stereocenters. The van der Waals surface area contributed by atoms with Gasteiger partial charge >= 0.3 is 0 Å². The van der Waals surface area contributed by atoms with Gasteiger partial charge < -0.3 is 5.32 Å². The second kappa shape index (κ2) is 8.59. The van der Waals surface area contributed by atoms with Gasteiger partial charge in [-0.15, -0.1) is 0 Å². The number of rotatable bonds is 6. The van der Waals surface area contributed by atoms with Crippen LogP contribution in [-0.2, 0) is 16.6 Å². The van der Waals surface area contributed by atoms with Gasteiger partial charge in [-0.2, -0.15) is 4.31 Å². The number of hydrogen-bond donors (Lipinski definition) is 1. The second-order valence-corrected chi connectivity index (χ2v) is 9.09. The maximum absolute atomic E-state index is 12.6. The Balaban J connectivity index is 1.69. The van der Waals surface area contributed by atoms with Crippen molar-refractivity contribution < 1.29 is 13.2 Å². The van der Waals surface area contributed by atoms with Gasteiger partial charge in [-0.3, -0.25) is 4.79 Å². The lowest BCUT2D eigenvalue weighted by molar-refractivity contribution is 0.102. The molecule has 5 nitrogen and oxygen atoms in total. The lowest BCUT2D eigenvalue weighted by Crippen LogP contribution is -2.26. The van der Waals surface area contributed by atoms with E-state index in [1.807, 2.05) is 32.0 Å². The van der Waals surface area contributed by atoms with Crippen LogP contribution in [0, 0.1) is 13.8 Å². The fraction of sp³-hybridized carbons (Fsp3) is 0.174. The van der Waals surface area contributed by atoms with Crippen molar-refractivity contribution >= 4 is 21.6 Å². The van der Waals surface area contributed by atoms with Gasteiger partial charge in [-0.1, -0.05) is 48.0 Å². The van der Waals surface area contributed by atoms with Crippen LogP contribution in [0.3, 0.4) is 0 Å². The van der Waals surface area contributed by atoms with E-state index in [1.54, 1.807) is 61.6 Å². The first-order chi connectivity index (χ1) is 13.8. The molecule has 0 unspecified atom stereocenters. The molecule has 1 N–H and O–H groups in total. The predicted molar refractivity (Wildman–Crippen MR) is 115 cm³/mol. The Morgan fingerprint density at radius 1 is 0.931 bits per heavy atom. The van der Waals surface area contributed by atoms with Crippen LogP contribution in [0.4, 0.5) is 5.69 Å². The highest BCUT2D eigenvalue weighted by atomic mass is 32.2. The standard InChI is InChI=1S/C23H24N2O3S/c1-17-9-14-22(18(2)15-17)24-23(26)20-12-10-19(11-13-20)16-25(3)29(27,28)21-7-5-4-6-8-21/h4-15H,16H2,1-3H3,(H,24,26). The Morgan fingerprint density at radius 3 is 2.21 bits per heavy atom. The van der Waals surface area contributed by atoms with Gasteiger partial charge in [-0.05, 0) is 55.3 Å². The molecule has 0 aromatic heterocycles. The molecule has 0 aliphatic heterocycles. The average Bonchev–Trinajstić information content (AvgIpc) is 2.71. The van der Waals surface area contributed by atoms with Gasteiger partial charge in [0.05, 0.1) is 4.90 Å². The SMILES string of the molecule is Cc1ccc(NC(=O)c2ccc(CN(C)S(=O)(=O)c3ccccc3)cc2)c(C)c1. The largest absolute Gasteiger partial charge is 0.322 e. The van der Waals surface area contributed by atoms with Crippen LogP contribution in [0.25, 0.3) is 0 Å². The van der Waals surface area contributed by atoms with Crippen LogP contribution < -0.4 is 5.32 Å². The van der Waals surface area contributed by atoms with Crippen molar-refractivity contribution in [1.29, 1.82) is 0 Å². The Labute approximate surface area is 172 Å². The zero-order valence-corrected chi connectivity index (χ0v) is 17.5. The monoisotopic (exact) mass is 408 g/mol. The van der Waals surface area contributed by atoms with Crippen molar-refractivity contribution in [1.82, 2.24) is 4.31 Å². The Kier molecular flexibility index (Phi) is 6.15. The smallest absolute Gasteiger partial charge is 0.255 e. The number of amides is 1. The summed E-state index contributed by atoms with van der Waals surface area (Å²) in [7, 11) is -2.01. The molecule has 150 valence electrons. The third kappa shape index (κ3) is 4.91. The number of anilines is 1. The highest BCUT2D eigenvalue weighted by molar-refractivity contribution is 7.89. The Morgan fingerprint density at radius 2 is 1.59 bits per heavy atom. The van der Waals surface area contributed by atoms with Crippen LogP contribution in [0.5, 0.6) is 0 Å². The highest BCUT2D eigenvalue weighted by Crippen LogP contribution is 2.19. The van der Waals surface area contributed by atoms with E-state index in [9.17, 15) is 13.2 Å². The summed E-state index contributed by atoms with van der Waals surface area (Å²) in [5, 5.41) is 2.91. The van der Waals surface area contributed by atoms with Gasteiger partial charge in [0.2, 0.25) is 10.0 Å². The van der Waals surface area contributed by atoms with Crippen LogP contribution in [-0.4, -0.2) is 25.7 Å². The van der Waals surface area contributed by atoms with Crippen LogP contribution >= 0.6 is 0 Å². The molecule has 6 heteroatoms. The molecule has 0 spiro atoms. The molecule has 3 aromatic rings. The molecule has 3 aromatic carbocycles. The number of aryl methyl sites for hydroxylation is 2. The van der Waals surface area contributed by atoms with Crippen LogP contribution in [0.2, 0.25) is 0 Å². The lowest BCUT2D eigenvalue weighted by Gasteiger charge is -2.17. The normalized spacial score (nSPS) is 11.4. The van der Waals surface area contributed by atoms with Gasteiger partial charge in [0, 0.05) is 24.8 Å².